The number of aryl methyl sites for hydroxylation is 2. The van der Waals surface area contributed by atoms with Crippen LogP contribution in [0.1, 0.15) is 49.2 Å². The summed E-state index contributed by atoms with van der Waals surface area (Å²) in [5.41, 5.74) is 1.62. The van der Waals surface area contributed by atoms with Gasteiger partial charge in [0.15, 0.2) is 5.54 Å². The summed E-state index contributed by atoms with van der Waals surface area (Å²) in [6.45, 7) is 5.87. The van der Waals surface area contributed by atoms with E-state index in [0.29, 0.717) is 11.6 Å². The van der Waals surface area contributed by atoms with Crippen LogP contribution in [-0.4, -0.2) is 62.2 Å². The number of fused-ring (bicyclic) bond motifs is 2. The van der Waals surface area contributed by atoms with Crippen molar-refractivity contribution in [2.45, 2.75) is 45.2 Å². The van der Waals surface area contributed by atoms with E-state index >= 15 is 0 Å². The highest BCUT2D eigenvalue weighted by Crippen LogP contribution is 2.44. The molecule has 0 bridgehead atoms. The van der Waals surface area contributed by atoms with Crippen LogP contribution in [0, 0.1) is 5.41 Å². The van der Waals surface area contributed by atoms with Crippen LogP contribution >= 0.6 is 27.5 Å². The van der Waals surface area contributed by atoms with Crippen LogP contribution in [0.4, 0.5) is 4.79 Å². The Morgan fingerprint density at radius 3 is 2.48 bits per heavy atom. The van der Waals surface area contributed by atoms with Gasteiger partial charge < -0.3 is 10.2 Å². The first-order valence-corrected chi connectivity index (χ1v) is 12.0. The van der Waals surface area contributed by atoms with Crippen LogP contribution in [0.25, 0.3) is 0 Å². The van der Waals surface area contributed by atoms with Gasteiger partial charge in [-0.05, 0) is 69.1 Å². The first-order valence-electron chi connectivity index (χ1n) is 10.9. The van der Waals surface area contributed by atoms with E-state index in [1.165, 1.54) is 0 Å². The maximum absolute atomic E-state index is 12.7. The second-order valence-electron chi connectivity index (χ2n) is 9.76. The molecule has 2 aromatic rings. The van der Waals surface area contributed by atoms with E-state index in [9.17, 15) is 19.8 Å². The molecular formula is C24H27BrClN3O4. The third kappa shape index (κ3) is 4.02. The average molecular weight is 537 g/mol. The molecule has 33 heavy (non-hydrogen) atoms. The third-order valence-electron chi connectivity index (χ3n) is 6.98. The fourth-order valence-electron chi connectivity index (χ4n) is 5.28. The minimum atomic E-state index is -1.62. The predicted octanol–water partition coefficient (Wildman–Crippen LogP) is 4.85. The number of amides is 1. The van der Waals surface area contributed by atoms with Crippen molar-refractivity contribution >= 4 is 39.6 Å². The lowest BCUT2D eigenvalue weighted by molar-refractivity contribution is -0.166. The average Bonchev–Trinajstić information content (AvgIpc) is 2.88. The molecule has 2 atom stereocenters. The number of hydrogen-bond donors (Lipinski definition) is 2. The predicted molar refractivity (Wildman–Crippen MR) is 129 cm³/mol. The van der Waals surface area contributed by atoms with Crippen molar-refractivity contribution in [1.82, 2.24) is 14.8 Å². The highest BCUT2D eigenvalue weighted by atomic mass is 79.9. The number of carboxylic acid groups (broad SMARTS) is 2. The van der Waals surface area contributed by atoms with E-state index in [2.05, 4.69) is 26.9 Å². The van der Waals surface area contributed by atoms with Gasteiger partial charge in [-0.3, -0.25) is 14.8 Å². The van der Waals surface area contributed by atoms with Gasteiger partial charge in [0.1, 0.15) is 0 Å². The Kier molecular flexibility index (Phi) is 6.22. The van der Waals surface area contributed by atoms with Crippen molar-refractivity contribution in [3.63, 3.8) is 0 Å². The Morgan fingerprint density at radius 2 is 1.85 bits per heavy atom. The number of carboxylic acids is 1. The summed E-state index contributed by atoms with van der Waals surface area (Å²) in [5, 5.41) is 21.0. The molecule has 176 valence electrons. The summed E-state index contributed by atoms with van der Waals surface area (Å²) in [6, 6.07) is 7.56. The minimum Gasteiger partial charge on any atom is -0.479 e. The number of nitrogens with zero attached hydrogens (tertiary/aromatic N) is 3. The van der Waals surface area contributed by atoms with Gasteiger partial charge in [0.05, 0.1) is 11.7 Å². The Bertz CT molecular complexity index is 1070. The molecule has 1 fully saturated rings. The van der Waals surface area contributed by atoms with E-state index in [1.807, 2.05) is 18.2 Å². The zero-order valence-electron chi connectivity index (χ0n) is 18.8. The molecule has 0 radical (unpaired) electrons. The monoisotopic (exact) mass is 535 g/mol. The van der Waals surface area contributed by atoms with Gasteiger partial charge in [-0.2, -0.15) is 0 Å². The Balaban J connectivity index is 1.90. The quantitative estimate of drug-likeness (QED) is 0.570. The lowest BCUT2D eigenvalue weighted by Crippen LogP contribution is -2.73. The second-order valence-corrected chi connectivity index (χ2v) is 11.1. The number of hydrogen-bond acceptors (Lipinski definition) is 4. The number of benzene rings is 1. The maximum atomic E-state index is 12.7. The molecule has 2 heterocycles. The Hall–Kier alpha value is -2.16. The van der Waals surface area contributed by atoms with Crippen LogP contribution in [0.15, 0.2) is 34.9 Å². The molecule has 2 aliphatic rings. The fourth-order valence-corrected chi connectivity index (χ4v) is 5.86. The van der Waals surface area contributed by atoms with Gasteiger partial charge in [0.2, 0.25) is 0 Å². The van der Waals surface area contributed by atoms with Crippen molar-refractivity contribution in [1.29, 1.82) is 0 Å². The zero-order chi connectivity index (χ0) is 24.1. The SMILES string of the molecule is CC(C)(C)[C@]1(C(=O)O)CN(C2c3ccc(Cl)cc3CCc3cc(Br)cnc32)CCN1C(=O)O. The molecule has 4 rings (SSSR count). The van der Waals surface area contributed by atoms with Gasteiger partial charge in [0.25, 0.3) is 0 Å². The smallest absolute Gasteiger partial charge is 0.408 e. The Labute approximate surface area is 206 Å². The number of aliphatic carboxylic acids is 1. The van der Waals surface area contributed by atoms with Crippen LogP contribution in [-0.2, 0) is 17.6 Å². The summed E-state index contributed by atoms with van der Waals surface area (Å²) < 4.78 is 0.884. The molecule has 1 saturated heterocycles. The van der Waals surface area contributed by atoms with Gasteiger partial charge >= 0.3 is 12.1 Å². The molecule has 1 aromatic carbocycles. The second kappa shape index (κ2) is 8.56. The molecule has 1 aliphatic carbocycles. The molecule has 1 amide bonds. The molecule has 1 aromatic heterocycles. The van der Waals surface area contributed by atoms with Crippen LogP contribution in [0.5, 0.6) is 0 Å². The highest BCUT2D eigenvalue weighted by molar-refractivity contribution is 9.10. The molecule has 1 aliphatic heterocycles. The first kappa shape index (κ1) is 24.0. The number of halogens is 2. The van der Waals surface area contributed by atoms with Crippen molar-refractivity contribution in [3.8, 4) is 0 Å². The summed E-state index contributed by atoms with van der Waals surface area (Å²) >= 11 is 9.83. The number of carbonyl (C=O) groups is 2. The zero-order valence-corrected chi connectivity index (χ0v) is 21.2. The fraction of sp³-hybridized carbons (Fsp3) is 0.458. The standard InChI is InChI=1S/C24H27BrClN3O4/c1-23(2,3)24(21(30)31)13-28(8-9-29(24)22(32)33)20-18-7-6-17(26)11-14(18)4-5-15-10-16(25)12-27-19(15)20/h6-7,10-12,20H,4-5,8-9,13H2,1-3H3,(H,30,31)(H,32,33)/t20?,24-/m1/s1. The molecular weight excluding hydrogens is 510 g/mol. The third-order valence-corrected chi connectivity index (χ3v) is 7.65. The normalized spacial score (nSPS) is 23.4. The van der Waals surface area contributed by atoms with E-state index in [1.54, 1.807) is 27.0 Å². The summed E-state index contributed by atoms with van der Waals surface area (Å²) in [7, 11) is 0. The number of rotatable bonds is 2. The van der Waals surface area contributed by atoms with Crippen molar-refractivity contribution in [2.24, 2.45) is 5.41 Å². The molecule has 7 nitrogen and oxygen atoms in total. The summed E-state index contributed by atoms with van der Waals surface area (Å²) in [5.74, 6) is -1.14. The van der Waals surface area contributed by atoms with E-state index in [4.69, 9.17) is 16.6 Å². The maximum Gasteiger partial charge on any atom is 0.408 e. The molecule has 1 unspecified atom stereocenters. The van der Waals surface area contributed by atoms with Crippen molar-refractivity contribution in [3.05, 3.63) is 62.3 Å². The lowest BCUT2D eigenvalue weighted by Gasteiger charge is -2.54. The van der Waals surface area contributed by atoms with Gasteiger partial charge in [-0.25, -0.2) is 9.59 Å². The molecule has 9 heteroatoms. The van der Waals surface area contributed by atoms with Crippen molar-refractivity contribution < 1.29 is 19.8 Å². The minimum absolute atomic E-state index is 0.0437. The topological polar surface area (TPSA) is 94.0 Å². The Morgan fingerprint density at radius 1 is 1.15 bits per heavy atom. The van der Waals surface area contributed by atoms with Crippen LogP contribution in [0.2, 0.25) is 5.02 Å². The number of piperazine rings is 1. The van der Waals surface area contributed by atoms with Gasteiger partial charge in [0, 0.05) is 35.3 Å². The summed E-state index contributed by atoms with van der Waals surface area (Å²) in [4.78, 5) is 32.8. The molecule has 2 N–H and O–H groups in total. The highest BCUT2D eigenvalue weighted by Gasteiger charge is 2.59. The van der Waals surface area contributed by atoms with Crippen LogP contribution < -0.4 is 0 Å². The summed E-state index contributed by atoms with van der Waals surface area (Å²) in [6.07, 6.45) is 2.11. The van der Waals surface area contributed by atoms with E-state index in [0.717, 1.165) is 44.6 Å². The molecule has 0 saturated carbocycles. The van der Waals surface area contributed by atoms with Gasteiger partial charge in [-0.15, -0.1) is 0 Å². The van der Waals surface area contributed by atoms with Gasteiger partial charge in [-0.1, -0.05) is 38.4 Å². The van der Waals surface area contributed by atoms with Crippen molar-refractivity contribution in [2.75, 3.05) is 19.6 Å². The largest absolute Gasteiger partial charge is 0.479 e. The first-order chi connectivity index (χ1) is 15.5. The number of aromatic nitrogens is 1. The van der Waals surface area contributed by atoms with E-state index in [-0.39, 0.29) is 19.1 Å². The lowest BCUT2D eigenvalue weighted by atomic mass is 9.70. The number of pyridine rings is 1. The van der Waals surface area contributed by atoms with E-state index < -0.39 is 23.0 Å². The van der Waals surface area contributed by atoms with Crippen LogP contribution in [0.3, 0.4) is 0 Å². The molecule has 0 spiro atoms.